The van der Waals surface area contributed by atoms with Crippen LogP contribution in [0.2, 0.25) is 0 Å². The molecule has 21 heavy (non-hydrogen) atoms. The SMILES string of the molecule is C=C(C)C(=O)OC(CC)c1ccc([N+](=O)[O-])c([N+](=O)[O-])c1. The maximum absolute atomic E-state index is 11.5. The van der Waals surface area contributed by atoms with E-state index in [0.29, 0.717) is 12.0 Å². The van der Waals surface area contributed by atoms with Crippen LogP contribution in [0.15, 0.2) is 30.4 Å². The Balaban J connectivity index is 3.20. The number of hydrogen-bond acceptors (Lipinski definition) is 6. The summed E-state index contributed by atoms with van der Waals surface area (Å²) >= 11 is 0. The molecule has 112 valence electrons. The van der Waals surface area contributed by atoms with Gasteiger partial charge in [-0.05, 0) is 25.0 Å². The van der Waals surface area contributed by atoms with Gasteiger partial charge < -0.3 is 4.74 Å². The third-order valence-electron chi connectivity index (χ3n) is 2.73. The number of esters is 1. The fourth-order valence-electron chi connectivity index (χ4n) is 1.66. The molecule has 1 unspecified atom stereocenters. The second-order valence-electron chi connectivity index (χ2n) is 4.34. The zero-order chi connectivity index (χ0) is 16.2. The molecule has 0 spiro atoms. The second-order valence-corrected chi connectivity index (χ2v) is 4.34. The molecule has 0 aliphatic carbocycles. The van der Waals surface area contributed by atoms with Gasteiger partial charge in [0.25, 0.3) is 0 Å². The molecule has 1 atom stereocenters. The number of nitrogens with zero attached hydrogens (tertiary/aromatic N) is 2. The van der Waals surface area contributed by atoms with Crippen LogP contribution in [-0.4, -0.2) is 15.8 Å². The summed E-state index contributed by atoms with van der Waals surface area (Å²) in [6.45, 7) is 6.65. The van der Waals surface area contributed by atoms with Gasteiger partial charge in [-0.25, -0.2) is 4.79 Å². The first-order valence-corrected chi connectivity index (χ1v) is 6.07. The summed E-state index contributed by atoms with van der Waals surface area (Å²) in [6, 6.07) is 3.42. The van der Waals surface area contributed by atoms with Gasteiger partial charge in [0.2, 0.25) is 0 Å². The molecule has 0 aliphatic heterocycles. The second kappa shape index (κ2) is 6.60. The lowest BCUT2D eigenvalue weighted by atomic mass is 10.1. The molecule has 0 amide bonds. The third-order valence-corrected chi connectivity index (χ3v) is 2.73. The average Bonchev–Trinajstić information content (AvgIpc) is 2.43. The standard InChI is InChI=1S/C13H14N2O6/c1-4-12(21-13(16)8(2)3)9-5-6-10(14(17)18)11(7-9)15(19)20/h5-7,12H,2,4H2,1,3H3. The summed E-state index contributed by atoms with van der Waals surface area (Å²) in [5.74, 6) is -0.622. The van der Waals surface area contributed by atoms with Crippen LogP contribution < -0.4 is 0 Å². The first-order chi connectivity index (χ1) is 9.77. The highest BCUT2D eigenvalue weighted by Gasteiger charge is 2.26. The van der Waals surface area contributed by atoms with Gasteiger partial charge in [0.1, 0.15) is 6.10 Å². The summed E-state index contributed by atoms with van der Waals surface area (Å²) in [6.07, 6.45) is -0.359. The lowest BCUT2D eigenvalue weighted by Gasteiger charge is -2.16. The van der Waals surface area contributed by atoms with E-state index in [4.69, 9.17) is 4.74 Å². The van der Waals surface area contributed by atoms with E-state index >= 15 is 0 Å². The summed E-state index contributed by atoms with van der Waals surface area (Å²) in [7, 11) is 0. The Labute approximate surface area is 120 Å². The van der Waals surface area contributed by atoms with Crippen molar-refractivity contribution >= 4 is 17.3 Å². The normalized spacial score (nSPS) is 11.5. The molecule has 0 N–H and O–H groups in total. The van der Waals surface area contributed by atoms with Gasteiger partial charge in [0, 0.05) is 17.7 Å². The highest BCUT2D eigenvalue weighted by atomic mass is 16.6. The fraction of sp³-hybridized carbons (Fsp3) is 0.308. The van der Waals surface area contributed by atoms with Crippen molar-refractivity contribution in [2.24, 2.45) is 0 Å². The van der Waals surface area contributed by atoms with Crippen LogP contribution in [0.3, 0.4) is 0 Å². The van der Waals surface area contributed by atoms with Crippen LogP contribution in [-0.2, 0) is 9.53 Å². The van der Waals surface area contributed by atoms with Crippen LogP contribution in [0.5, 0.6) is 0 Å². The molecule has 1 rings (SSSR count). The first-order valence-electron chi connectivity index (χ1n) is 6.07. The summed E-state index contributed by atoms with van der Waals surface area (Å²) in [4.78, 5) is 31.5. The van der Waals surface area contributed by atoms with Crippen molar-refractivity contribution in [3.63, 3.8) is 0 Å². The van der Waals surface area contributed by atoms with Crippen molar-refractivity contribution < 1.29 is 19.4 Å². The van der Waals surface area contributed by atoms with E-state index in [1.54, 1.807) is 6.92 Å². The van der Waals surface area contributed by atoms with Crippen molar-refractivity contribution in [2.45, 2.75) is 26.4 Å². The van der Waals surface area contributed by atoms with Gasteiger partial charge >= 0.3 is 17.3 Å². The smallest absolute Gasteiger partial charge is 0.346 e. The third kappa shape index (κ3) is 3.85. The Bertz CT molecular complexity index is 611. The molecule has 8 nitrogen and oxygen atoms in total. The largest absolute Gasteiger partial charge is 0.454 e. The Hall–Kier alpha value is -2.77. The van der Waals surface area contributed by atoms with E-state index in [2.05, 4.69) is 6.58 Å². The first kappa shape index (κ1) is 16.3. The van der Waals surface area contributed by atoms with Crippen LogP contribution in [0, 0.1) is 20.2 Å². The van der Waals surface area contributed by atoms with E-state index in [9.17, 15) is 25.0 Å². The summed E-state index contributed by atoms with van der Waals surface area (Å²) in [5.41, 5.74) is -0.721. The number of hydrogen-bond donors (Lipinski definition) is 0. The van der Waals surface area contributed by atoms with E-state index in [-0.39, 0.29) is 5.57 Å². The van der Waals surface area contributed by atoms with E-state index in [0.717, 1.165) is 12.1 Å². The minimum atomic E-state index is -0.838. The van der Waals surface area contributed by atoms with Crippen molar-refractivity contribution in [3.8, 4) is 0 Å². The molecule has 0 saturated carbocycles. The van der Waals surface area contributed by atoms with Crippen molar-refractivity contribution in [1.29, 1.82) is 0 Å². The average molecular weight is 294 g/mol. The van der Waals surface area contributed by atoms with Crippen molar-refractivity contribution in [2.75, 3.05) is 0 Å². The molecule has 0 aliphatic rings. The van der Waals surface area contributed by atoms with Crippen molar-refractivity contribution in [3.05, 3.63) is 56.1 Å². The minimum Gasteiger partial charge on any atom is -0.454 e. The Morgan fingerprint density at radius 3 is 2.29 bits per heavy atom. The van der Waals surface area contributed by atoms with Crippen molar-refractivity contribution in [1.82, 2.24) is 0 Å². The van der Waals surface area contributed by atoms with Gasteiger partial charge in [0.15, 0.2) is 0 Å². The highest BCUT2D eigenvalue weighted by molar-refractivity contribution is 5.87. The van der Waals surface area contributed by atoms with Gasteiger partial charge in [0.05, 0.1) is 9.85 Å². The molecule has 1 aromatic carbocycles. The van der Waals surface area contributed by atoms with Gasteiger partial charge in [-0.3, -0.25) is 20.2 Å². The summed E-state index contributed by atoms with van der Waals surface area (Å²) < 4.78 is 5.15. The number of nitro groups is 2. The molecule has 0 bridgehead atoms. The van der Waals surface area contributed by atoms with Crippen LogP contribution in [0.25, 0.3) is 0 Å². The minimum absolute atomic E-state index is 0.199. The molecule has 0 heterocycles. The quantitative estimate of drug-likeness (QED) is 0.345. The van der Waals surface area contributed by atoms with E-state index < -0.39 is 33.3 Å². The zero-order valence-electron chi connectivity index (χ0n) is 11.6. The number of benzene rings is 1. The van der Waals surface area contributed by atoms with E-state index in [1.807, 2.05) is 0 Å². The molecule has 8 heteroatoms. The number of nitro benzene ring substituents is 2. The predicted molar refractivity (Wildman–Crippen MR) is 73.7 cm³/mol. The number of ether oxygens (including phenoxy) is 1. The molecule has 0 radical (unpaired) electrons. The van der Waals surface area contributed by atoms with E-state index in [1.165, 1.54) is 13.0 Å². The maximum atomic E-state index is 11.5. The molecule has 0 saturated heterocycles. The Morgan fingerprint density at radius 2 is 1.86 bits per heavy atom. The van der Waals surface area contributed by atoms with Gasteiger partial charge in [-0.2, -0.15) is 0 Å². The highest BCUT2D eigenvalue weighted by Crippen LogP contribution is 2.32. The molecule has 0 aromatic heterocycles. The van der Waals surface area contributed by atoms with Crippen LogP contribution in [0.1, 0.15) is 31.9 Å². The predicted octanol–water partition coefficient (Wildman–Crippen LogP) is 3.07. The lowest BCUT2D eigenvalue weighted by Crippen LogP contribution is -2.11. The topological polar surface area (TPSA) is 113 Å². The number of carbonyl (C=O) groups is 1. The van der Waals surface area contributed by atoms with Gasteiger partial charge in [-0.15, -0.1) is 0 Å². The monoisotopic (exact) mass is 294 g/mol. The Morgan fingerprint density at radius 1 is 1.29 bits per heavy atom. The Kier molecular flexibility index (Phi) is 5.12. The zero-order valence-corrected chi connectivity index (χ0v) is 11.6. The van der Waals surface area contributed by atoms with Crippen LogP contribution >= 0.6 is 0 Å². The van der Waals surface area contributed by atoms with Crippen LogP contribution in [0.4, 0.5) is 11.4 Å². The molecule has 1 aromatic rings. The number of rotatable bonds is 6. The fourth-order valence-corrected chi connectivity index (χ4v) is 1.66. The lowest BCUT2D eigenvalue weighted by molar-refractivity contribution is -0.422. The number of carbonyl (C=O) groups excluding carboxylic acids is 1. The maximum Gasteiger partial charge on any atom is 0.346 e. The molecular formula is C13H14N2O6. The molecule has 0 fully saturated rings. The van der Waals surface area contributed by atoms with Gasteiger partial charge in [-0.1, -0.05) is 13.5 Å². The molecular weight excluding hydrogens is 280 g/mol. The summed E-state index contributed by atoms with van der Waals surface area (Å²) in [5, 5.41) is 21.6.